The van der Waals surface area contributed by atoms with Crippen LogP contribution in [-0.2, 0) is 6.42 Å². The van der Waals surface area contributed by atoms with Gasteiger partial charge in [0.15, 0.2) is 5.82 Å². The van der Waals surface area contributed by atoms with E-state index in [1.807, 2.05) is 39.6 Å². The van der Waals surface area contributed by atoms with Gasteiger partial charge in [-0.1, -0.05) is 26.8 Å². The van der Waals surface area contributed by atoms with Crippen molar-refractivity contribution >= 4 is 27.5 Å². The maximum Gasteiger partial charge on any atom is 0.319 e. The number of aromatic nitrogens is 3. The summed E-state index contributed by atoms with van der Waals surface area (Å²) in [7, 11) is 2.88. The number of phenolic OH excluding ortho intramolecular Hbond substituents is 1. The SMILES string of the molecule is CC.CCc1c(F)ccc2cc(O)cc(-c3nc4c5c(nc(OCC67CCCN6CCC7)nc5c3F)N(C)C(C)CO4)c12.CO. The number of hydrogen-bond acceptors (Lipinski definition) is 9. The number of aliphatic hydroxyl groups is 1. The smallest absolute Gasteiger partial charge is 0.319 e. The molecule has 9 nitrogen and oxygen atoms in total. The number of hydrogen-bond donors (Lipinski definition) is 2. The van der Waals surface area contributed by atoms with Crippen LogP contribution < -0.4 is 14.4 Å². The lowest BCUT2D eigenvalue weighted by atomic mass is 9.94. The predicted molar refractivity (Wildman–Crippen MR) is 172 cm³/mol. The Balaban J connectivity index is 0.000000963. The molecule has 7 rings (SSSR count). The quantitative estimate of drug-likeness (QED) is 0.267. The fraction of sp³-hybridized carbons (Fsp3) is 0.500. The molecule has 5 heterocycles. The Kier molecular flexibility index (Phi) is 9.60. The number of aliphatic hydroxyl groups excluding tert-OH is 1. The van der Waals surface area contributed by atoms with Crippen molar-refractivity contribution in [2.45, 2.75) is 71.4 Å². The number of rotatable bonds is 5. The van der Waals surface area contributed by atoms with E-state index in [4.69, 9.17) is 19.6 Å². The lowest BCUT2D eigenvalue weighted by Gasteiger charge is -2.31. The first kappa shape index (κ1) is 32.6. The molecule has 11 heteroatoms. The van der Waals surface area contributed by atoms with Gasteiger partial charge in [-0.2, -0.15) is 9.97 Å². The average Bonchev–Trinajstić information content (AvgIpc) is 3.62. The molecule has 0 radical (unpaired) electrons. The average molecular weight is 624 g/mol. The van der Waals surface area contributed by atoms with Gasteiger partial charge in [-0.15, -0.1) is 0 Å². The molecule has 0 bridgehead atoms. The van der Waals surface area contributed by atoms with Gasteiger partial charge in [0.25, 0.3) is 0 Å². The first-order chi connectivity index (χ1) is 21.8. The third-order valence-electron chi connectivity index (χ3n) is 9.21. The summed E-state index contributed by atoms with van der Waals surface area (Å²) in [5.41, 5.74) is 0.615. The minimum absolute atomic E-state index is 0.0177. The van der Waals surface area contributed by atoms with E-state index in [-0.39, 0.29) is 46.0 Å². The number of pyridine rings is 1. The summed E-state index contributed by atoms with van der Waals surface area (Å²) in [6, 6.07) is 5.92. The second-order valence-corrected chi connectivity index (χ2v) is 11.6. The first-order valence-corrected chi connectivity index (χ1v) is 15.8. The largest absolute Gasteiger partial charge is 0.508 e. The second kappa shape index (κ2) is 13.3. The summed E-state index contributed by atoms with van der Waals surface area (Å²) in [5.74, 6) is -0.506. The summed E-state index contributed by atoms with van der Waals surface area (Å²) in [6.07, 6.45) is 4.77. The molecule has 1 atom stereocenters. The second-order valence-electron chi connectivity index (χ2n) is 11.6. The highest BCUT2D eigenvalue weighted by Crippen LogP contribution is 2.44. The van der Waals surface area contributed by atoms with Crippen LogP contribution >= 0.6 is 0 Å². The molecule has 3 aliphatic heterocycles. The van der Waals surface area contributed by atoms with Crippen molar-refractivity contribution in [3.8, 4) is 28.9 Å². The molecular weight excluding hydrogens is 580 g/mol. The zero-order chi connectivity index (χ0) is 32.5. The maximum atomic E-state index is 16.7. The molecule has 2 saturated heterocycles. The van der Waals surface area contributed by atoms with Crippen molar-refractivity contribution in [2.24, 2.45) is 0 Å². The normalized spacial score (nSPS) is 18.4. The lowest BCUT2D eigenvalue weighted by molar-refractivity contribution is 0.108. The van der Waals surface area contributed by atoms with Crippen molar-refractivity contribution in [1.82, 2.24) is 19.9 Å². The zero-order valence-corrected chi connectivity index (χ0v) is 27.0. The number of fused-ring (bicyclic) bond motifs is 2. The van der Waals surface area contributed by atoms with E-state index in [1.54, 1.807) is 12.1 Å². The third-order valence-corrected chi connectivity index (χ3v) is 9.21. The van der Waals surface area contributed by atoms with E-state index in [9.17, 15) is 9.50 Å². The Hall–Kier alpha value is -3.83. The number of aryl methyl sites for hydroxylation is 1. The van der Waals surface area contributed by atoms with Gasteiger partial charge in [0.1, 0.15) is 47.2 Å². The molecule has 242 valence electrons. The number of anilines is 1. The Morgan fingerprint density at radius 2 is 1.76 bits per heavy atom. The van der Waals surface area contributed by atoms with Crippen molar-refractivity contribution in [3.05, 3.63) is 41.5 Å². The van der Waals surface area contributed by atoms with Gasteiger partial charge in [0, 0.05) is 19.7 Å². The van der Waals surface area contributed by atoms with Crippen molar-refractivity contribution in [2.75, 3.05) is 45.4 Å². The predicted octanol–water partition coefficient (Wildman–Crippen LogP) is 6.25. The Morgan fingerprint density at radius 3 is 2.44 bits per heavy atom. The number of ether oxygens (including phenoxy) is 2. The molecule has 2 N–H and O–H groups in total. The molecule has 0 amide bonds. The highest BCUT2D eigenvalue weighted by atomic mass is 19.1. The number of halogens is 2. The van der Waals surface area contributed by atoms with Gasteiger partial charge >= 0.3 is 6.01 Å². The van der Waals surface area contributed by atoms with Crippen molar-refractivity contribution in [1.29, 1.82) is 0 Å². The van der Waals surface area contributed by atoms with Gasteiger partial charge in [0.2, 0.25) is 5.88 Å². The van der Waals surface area contributed by atoms with Crippen LogP contribution in [0, 0.1) is 11.6 Å². The van der Waals surface area contributed by atoms with E-state index in [2.05, 4.69) is 14.9 Å². The van der Waals surface area contributed by atoms with E-state index in [0.29, 0.717) is 47.2 Å². The van der Waals surface area contributed by atoms with Crippen LogP contribution in [-0.4, -0.2) is 82.1 Å². The van der Waals surface area contributed by atoms with Crippen LogP contribution in [0.4, 0.5) is 14.6 Å². The maximum absolute atomic E-state index is 16.7. The topological polar surface area (TPSA) is 104 Å². The van der Waals surface area contributed by atoms with Gasteiger partial charge in [-0.05, 0) is 86.7 Å². The van der Waals surface area contributed by atoms with Gasteiger partial charge in [-0.3, -0.25) is 4.90 Å². The summed E-state index contributed by atoms with van der Waals surface area (Å²) < 4.78 is 44.0. The number of phenols is 1. The fourth-order valence-electron chi connectivity index (χ4n) is 6.92. The molecule has 45 heavy (non-hydrogen) atoms. The van der Waals surface area contributed by atoms with Gasteiger partial charge < -0.3 is 24.6 Å². The van der Waals surface area contributed by atoms with Crippen LogP contribution in [0.3, 0.4) is 0 Å². The summed E-state index contributed by atoms with van der Waals surface area (Å²) in [5, 5.41) is 19.0. The van der Waals surface area contributed by atoms with E-state index < -0.39 is 11.6 Å². The first-order valence-electron chi connectivity index (χ1n) is 15.8. The van der Waals surface area contributed by atoms with Crippen LogP contribution in [0.2, 0.25) is 0 Å². The number of likely N-dealkylation sites (N-methyl/N-ethyl adjacent to an activating group) is 1. The lowest BCUT2D eigenvalue weighted by Crippen LogP contribution is -2.43. The number of aromatic hydroxyl groups is 1. The minimum atomic E-state index is -0.705. The standard InChI is InChI=1S/C31H33F2N5O3.C2H6.CH4O/c1-4-20-22(32)8-7-18-13-19(39)14-21(23(18)20)26-25(33)27-24-28(37(3)17(2)15-40-29(24)34-26)36-30(35-27)41-16-31-9-5-11-38(31)12-6-10-31;2*1-2/h7-8,13-14,17,39H,4-6,9-12,15-16H2,1-3H3;1-2H3;2H,1H3. The highest BCUT2D eigenvalue weighted by molar-refractivity contribution is 6.03. The van der Waals surface area contributed by atoms with Gasteiger partial charge in [-0.25, -0.2) is 13.8 Å². The summed E-state index contributed by atoms with van der Waals surface area (Å²) in [4.78, 5) is 18.4. The molecule has 2 aromatic heterocycles. The molecule has 2 fully saturated rings. The molecule has 0 aliphatic carbocycles. The minimum Gasteiger partial charge on any atom is -0.508 e. The molecule has 4 aromatic rings. The van der Waals surface area contributed by atoms with Gasteiger partial charge in [0.05, 0.1) is 11.6 Å². The molecule has 2 aromatic carbocycles. The van der Waals surface area contributed by atoms with Crippen LogP contribution in [0.1, 0.15) is 58.9 Å². The molecule has 3 aliphatic rings. The van der Waals surface area contributed by atoms with Crippen molar-refractivity contribution in [3.63, 3.8) is 0 Å². The number of benzene rings is 2. The van der Waals surface area contributed by atoms with Crippen molar-refractivity contribution < 1.29 is 28.5 Å². The van der Waals surface area contributed by atoms with E-state index >= 15 is 4.39 Å². The Morgan fingerprint density at radius 1 is 1.04 bits per heavy atom. The summed E-state index contributed by atoms with van der Waals surface area (Å²) >= 11 is 0. The zero-order valence-electron chi connectivity index (χ0n) is 27.0. The molecular formula is C34H43F2N5O4. The monoisotopic (exact) mass is 623 g/mol. The van der Waals surface area contributed by atoms with Crippen LogP contribution in [0.5, 0.6) is 17.6 Å². The van der Waals surface area contributed by atoms with E-state index in [0.717, 1.165) is 45.9 Å². The number of nitrogens with zero attached hydrogens (tertiary/aromatic N) is 5. The molecule has 0 saturated carbocycles. The highest BCUT2D eigenvalue weighted by Gasteiger charge is 2.45. The Bertz CT molecular complexity index is 1690. The summed E-state index contributed by atoms with van der Waals surface area (Å²) in [6.45, 7) is 10.7. The molecule has 0 spiro atoms. The van der Waals surface area contributed by atoms with E-state index in [1.165, 1.54) is 12.1 Å². The Labute approximate surface area is 262 Å². The fourth-order valence-corrected chi connectivity index (χ4v) is 6.92. The van der Waals surface area contributed by atoms with Crippen LogP contribution in [0.15, 0.2) is 24.3 Å². The van der Waals surface area contributed by atoms with Crippen LogP contribution in [0.25, 0.3) is 32.9 Å². The molecule has 1 unspecified atom stereocenters. The third kappa shape index (κ3) is 5.61.